The van der Waals surface area contributed by atoms with Crippen molar-refractivity contribution in [1.29, 1.82) is 0 Å². The van der Waals surface area contributed by atoms with Gasteiger partial charge < -0.3 is 14.5 Å². The lowest BCUT2D eigenvalue weighted by atomic mass is 9.94. The molecule has 144 valence electrons. The summed E-state index contributed by atoms with van der Waals surface area (Å²) in [4.78, 5) is 29.1. The zero-order valence-electron chi connectivity index (χ0n) is 17.0. The number of nitrogens with zero attached hydrogens (tertiary/aromatic N) is 2. The lowest BCUT2D eigenvalue weighted by Crippen LogP contribution is -2.42. The maximum absolute atomic E-state index is 12.9. The van der Waals surface area contributed by atoms with Gasteiger partial charge in [0.1, 0.15) is 5.75 Å². The Morgan fingerprint density at radius 1 is 1.04 bits per heavy atom. The zero-order chi connectivity index (χ0) is 19.5. The molecule has 0 atom stereocenters. The van der Waals surface area contributed by atoms with E-state index < -0.39 is 0 Å². The first-order valence-electron chi connectivity index (χ1n) is 9.34. The van der Waals surface area contributed by atoms with Gasteiger partial charge in [0.25, 0.3) is 0 Å². The molecule has 2 rings (SSSR count). The van der Waals surface area contributed by atoms with Crippen molar-refractivity contribution in [3.05, 3.63) is 28.8 Å². The van der Waals surface area contributed by atoms with Crippen molar-refractivity contribution < 1.29 is 14.3 Å². The molecule has 1 saturated heterocycles. The summed E-state index contributed by atoms with van der Waals surface area (Å²) < 4.78 is 5.48. The maximum Gasteiger partial charge on any atom is 0.228 e. The summed E-state index contributed by atoms with van der Waals surface area (Å²) in [5.74, 6) is 1.03. The summed E-state index contributed by atoms with van der Waals surface area (Å²) in [6.45, 7) is 12.5. The van der Waals surface area contributed by atoms with Crippen LogP contribution in [0.2, 0.25) is 0 Å². The second kappa shape index (κ2) is 8.11. The van der Waals surface area contributed by atoms with Gasteiger partial charge in [-0.15, -0.1) is 0 Å². The van der Waals surface area contributed by atoms with Gasteiger partial charge in [-0.2, -0.15) is 0 Å². The Morgan fingerprint density at radius 2 is 1.65 bits per heavy atom. The van der Waals surface area contributed by atoms with Gasteiger partial charge in [0.05, 0.1) is 13.5 Å². The summed E-state index contributed by atoms with van der Waals surface area (Å²) in [7, 11) is 1.64. The Bertz CT molecular complexity index is 677. The van der Waals surface area contributed by atoms with Gasteiger partial charge in [0.2, 0.25) is 11.8 Å². The van der Waals surface area contributed by atoms with E-state index in [1.807, 2.05) is 50.5 Å². The topological polar surface area (TPSA) is 49.9 Å². The van der Waals surface area contributed by atoms with Gasteiger partial charge >= 0.3 is 0 Å². The molecule has 0 aliphatic carbocycles. The van der Waals surface area contributed by atoms with Crippen LogP contribution in [0.3, 0.4) is 0 Å². The Balaban J connectivity index is 2.07. The number of hydrogen-bond donors (Lipinski definition) is 0. The van der Waals surface area contributed by atoms with Gasteiger partial charge in [-0.3, -0.25) is 9.59 Å². The first-order chi connectivity index (χ1) is 12.1. The second-order valence-electron chi connectivity index (χ2n) is 8.22. The molecular weight excluding hydrogens is 328 g/mol. The lowest BCUT2D eigenvalue weighted by molar-refractivity contribution is -0.139. The van der Waals surface area contributed by atoms with E-state index in [2.05, 4.69) is 6.07 Å². The minimum atomic E-state index is -0.383. The van der Waals surface area contributed by atoms with E-state index in [-0.39, 0.29) is 17.2 Å². The van der Waals surface area contributed by atoms with Crippen molar-refractivity contribution in [2.45, 2.75) is 47.5 Å². The van der Waals surface area contributed by atoms with Crippen LogP contribution in [0.25, 0.3) is 0 Å². The van der Waals surface area contributed by atoms with Crippen LogP contribution in [0, 0.1) is 19.3 Å². The molecule has 0 saturated carbocycles. The van der Waals surface area contributed by atoms with Crippen molar-refractivity contribution in [3.8, 4) is 5.75 Å². The number of benzene rings is 1. The van der Waals surface area contributed by atoms with Gasteiger partial charge in [-0.25, -0.2) is 0 Å². The molecule has 1 aromatic carbocycles. The fraction of sp³-hybridized carbons (Fsp3) is 0.619. The number of carbonyl (C=O) groups is 2. The van der Waals surface area contributed by atoms with Crippen LogP contribution in [0.1, 0.15) is 43.9 Å². The average Bonchev–Trinajstić information content (AvgIpc) is 2.81. The molecule has 0 aromatic heterocycles. The second-order valence-corrected chi connectivity index (χ2v) is 8.22. The van der Waals surface area contributed by atoms with Crippen molar-refractivity contribution >= 4 is 11.8 Å². The first-order valence-corrected chi connectivity index (χ1v) is 9.34. The standard InChI is InChI=1S/C21H32N2O3/c1-15-12-16(2)17(18(13-15)26-6)14-19(24)22-8-7-9-23(11-10-22)20(25)21(3,4)5/h12-13H,7-11,14H2,1-6H3. The SMILES string of the molecule is COc1cc(C)cc(C)c1CC(=O)N1CCCN(C(=O)C(C)(C)C)CC1. The fourth-order valence-corrected chi connectivity index (χ4v) is 3.47. The molecule has 2 amide bonds. The molecule has 1 aliphatic rings. The summed E-state index contributed by atoms with van der Waals surface area (Å²) in [6.07, 6.45) is 1.15. The first kappa shape index (κ1) is 20.3. The number of ether oxygens (including phenoxy) is 1. The minimum Gasteiger partial charge on any atom is -0.496 e. The van der Waals surface area contributed by atoms with E-state index in [1.165, 1.54) is 0 Å². The molecule has 1 aliphatic heterocycles. The van der Waals surface area contributed by atoms with Gasteiger partial charge in [0, 0.05) is 37.2 Å². The van der Waals surface area contributed by atoms with Crippen LogP contribution in [0.5, 0.6) is 5.75 Å². The zero-order valence-corrected chi connectivity index (χ0v) is 17.0. The molecule has 26 heavy (non-hydrogen) atoms. The lowest BCUT2D eigenvalue weighted by Gasteiger charge is -2.28. The van der Waals surface area contributed by atoms with E-state index in [9.17, 15) is 9.59 Å². The predicted octanol–water partition coefficient (Wildman–Crippen LogP) is 2.96. The maximum atomic E-state index is 12.9. The highest BCUT2D eigenvalue weighted by molar-refractivity contribution is 5.82. The molecule has 0 unspecified atom stereocenters. The van der Waals surface area contributed by atoms with Crippen molar-refractivity contribution in [2.24, 2.45) is 5.41 Å². The highest BCUT2D eigenvalue weighted by Gasteiger charge is 2.29. The smallest absolute Gasteiger partial charge is 0.228 e. The molecule has 5 nitrogen and oxygen atoms in total. The van der Waals surface area contributed by atoms with Crippen LogP contribution in [0.15, 0.2) is 12.1 Å². The number of carbonyl (C=O) groups excluding carboxylic acids is 2. The average molecular weight is 360 g/mol. The Labute approximate surface area is 157 Å². The molecule has 0 radical (unpaired) electrons. The Kier molecular flexibility index (Phi) is 6.32. The summed E-state index contributed by atoms with van der Waals surface area (Å²) in [5.41, 5.74) is 2.78. The van der Waals surface area contributed by atoms with Crippen LogP contribution >= 0.6 is 0 Å². The van der Waals surface area contributed by atoms with E-state index in [1.54, 1.807) is 7.11 Å². The van der Waals surface area contributed by atoms with Crippen LogP contribution in [-0.4, -0.2) is 54.9 Å². The molecule has 1 fully saturated rings. The van der Waals surface area contributed by atoms with E-state index in [4.69, 9.17) is 4.74 Å². The molecule has 1 heterocycles. The predicted molar refractivity (Wildman–Crippen MR) is 103 cm³/mol. The van der Waals surface area contributed by atoms with Crippen molar-refractivity contribution in [1.82, 2.24) is 9.80 Å². The summed E-state index contributed by atoms with van der Waals surface area (Å²) >= 11 is 0. The molecule has 0 bridgehead atoms. The van der Waals surface area contributed by atoms with Gasteiger partial charge in [-0.1, -0.05) is 26.8 Å². The monoisotopic (exact) mass is 360 g/mol. The van der Waals surface area contributed by atoms with E-state index in [0.717, 1.165) is 28.9 Å². The molecular formula is C21H32N2O3. The normalized spacial score (nSPS) is 15.6. The quantitative estimate of drug-likeness (QED) is 0.833. The molecule has 5 heteroatoms. The van der Waals surface area contributed by atoms with Crippen LogP contribution < -0.4 is 4.74 Å². The van der Waals surface area contributed by atoms with E-state index >= 15 is 0 Å². The third kappa shape index (κ3) is 4.77. The highest BCUT2D eigenvalue weighted by atomic mass is 16.5. The van der Waals surface area contributed by atoms with Crippen LogP contribution in [0.4, 0.5) is 0 Å². The molecule has 0 spiro atoms. The van der Waals surface area contributed by atoms with Crippen molar-refractivity contribution in [3.63, 3.8) is 0 Å². The third-order valence-corrected chi connectivity index (χ3v) is 4.90. The number of rotatable bonds is 3. The van der Waals surface area contributed by atoms with E-state index in [0.29, 0.717) is 32.6 Å². The number of amides is 2. The highest BCUT2D eigenvalue weighted by Crippen LogP contribution is 2.25. The largest absolute Gasteiger partial charge is 0.496 e. The summed E-state index contributed by atoms with van der Waals surface area (Å²) in [5, 5.41) is 0. The Hall–Kier alpha value is -2.04. The minimum absolute atomic E-state index is 0.0975. The number of methoxy groups -OCH3 is 1. The van der Waals surface area contributed by atoms with Gasteiger partial charge in [-0.05, 0) is 37.5 Å². The number of aryl methyl sites for hydroxylation is 2. The van der Waals surface area contributed by atoms with Gasteiger partial charge in [0.15, 0.2) is 0 Å². The number of hydrogen-bond acceptors (Lipinski definition) is 3. The Morgan fingerprint density at radius 3 is 2.27 bits per heavy atom. The van der Waals surface area contributed by atoms with Crippen molar-refractivity contribution in [2.75, 3.05) is 33.3 Å². The van der Waals surface area contributed by atoms with Crippen LogP contribution in [-0.2, 0) is 16.0 Å². The molecule has 0 N–H and O–H groups in total. The summed E-state index contributed by atoms with van der Waals surface area (Å²) in [6, 6.07) is 4.05. The third-order valence-electron chi connectivity index (χ3n) is 4.90. The molecule has 1 aromatic rings. The fourth-order valence-electron chi connectivity index (χ4n) is 3.47.